The maximum absolute atomic E-state index is 11.8. The molecule has 1 aromatic carbocycles. The molecule has 0 amide bonds. The predicted octanol–water partition coefficient (Wildman–Crippen LogP) is 2.88. The molecule has 0 radical (unpaired) electrons. The zero-order valence-corrected chi connectivity index (χ0v) is 11.6. The molecule has 0 spiro atoms. The van der Waals surface area contributed by atoms with Crippen LogP contribution in [0, 0.1) is 10.1 Å². The van der Waals surface area contributed by atoms with Crippen LogP contribution in [-0.4, -0.2) is 19.9 Å². The largest absolute Gasteiger partial charge is 0.296 e. The maximum Gasteiger partial charge on any atom is 0.296 e. The van der Waals surface area contributed by atoms with Gasteiger partial charge in [0.2, 0.25) is 0 Å². The highest BCUT2D eigenvalue weighted by atomic mass is 32.2. The Labute approximate surface area is 112 Å². The molecular weight excluding hydrogens is 270 g/mol. The molecule has 0 saturated heterocycles. The minimum absolute atomic E-state index is 0.0615. The van der Waals surface area contributed by atoms with Crippen LogP contribution in [0.3, 0.4) is 0 Å². The summed E-state index contributed by atoms with van der Waals surface area (Å²) in [6, 6.07) is 4.65. The summed E-state index contributed by atoms with van der Waals surface area (Å²) in [5.41, 5.74) is -0.151. The number of rotatable bonds is 8. The predicted molar refractivity (Wildman–Crippen MR) is 70.4 cm³/mol. The molecular formula is C12H17NO5S. The average Bonchev–Trinajstić information content (AvgIpc) is 2.38. The fraction of sp³-hybridized carbons (Fsp3) is 0.500. The molecule has 0 aliphatic carbocycles. The molecule has 0 atom stereocenters. The number of unbranched alkanes of at least 4 members (excludes halogenated alkanes) is 3. The van der Waals surface area contributed by atoms with E-state index in [0.29, 0.717) is 6.42 Å². The number of benzene rings is 1. The van der Waals surface area contributed by atoms with Crippen LogP contribution in [0.1, 0.15) is 32.6 Å². The van der Waals surface area contributed by atoms with Gasteiger partial charge in [-0.15, -0.1) is 0 Å². The molecule has 0 heterocycles. The minimum Gasteiger partial charge on any atom is -0.266 e. The van der Waals surface area contributed by atoms with E-state index in [1.54, 1.807) is 0 Å². The van der Waals surface area contributed by atoms with Gasteiger partial charge in [0.05, 0.1) is 16.4 Å². The van der Waals surface area contributed by atoms with E-state index in [2.05, 4.69) is 6.92 Å². The minimum atomic E-state index is -3.81. The maximum atomic E-state index is 11.8. The van der Waals surface area contributed by atoms with Crippen LogP contribution in [-0.2, 0) is 14.3 Å². The molecule has 0 aromatic heterocycles. The van der Waals surface area contributed by atoms with Crippen molar-refractivity contribution in [2.75, 3.05) is 6.61 Å². The van der Waals surface area contributed by atoms with Gasteiger partial charge in [0.15, 0.2) is 0 Å². The van der Waals surface area contributed by atoms with E-state index in [0.717, 1.165) is 31.4 Å². The van der Waals surface area contributed by atoms with Crippen LogP contribution in [0.2, 0.25) is 0 Å². The lowest BCUT2D eigenvalue weighted by Gasteiger charge is -2.05. The Morgan fingerprint density at radius 1 is 1.16 bits per heavy atom. The number of non-ortho nitro benzene ring substituents is 1. The standard InChI is InChI=1S/C12H17NO5S/c1-2-3-4-5-10-18-19(16,17)12-8-6-11(7-9-12)13(14)15/h6-9H,2-5,10H2,1H3. The van der Waals surface area contributed by atoms with Crippen LogP contribution in [0.4, 0.5) is 5.69 Å². The SMILES string of the molecule is CCCCCCOS(=O)(=O)c1ccc([N+](=O)[O-])cc1. The number of nitro groups is 1. The van der Waals surface area contributed by atoms with E-state index in [1.807, 2.05) is 0 Å². The summed E-state index contributed by atoms with van der Waals surface area (Å²) in [5, 5.41) is 10.5. The molecule has 106 valence electrons. The number of hydrogen-bond acceptors (Lipinski definition) is 5. The first-order valence-electron chi connectivity index (χ1n) is 6.11. The van der Waals surface area contributed by atoms with Crippen molar-refractivity contribution in [3.63, 3.8) is 0 Å². The van der Waals surface area contributed by atoms with Crippen molar-refractivity contribution in [3.05, 3.63) is 34.4 Å². The Morgan fingerprint density at radius 2 is 1.79 bits per heavy atom. The molecule has 0 saturated carbocycles. The lowest BCUT2D eigenvalue weighted by atomic mass is 10.2. The molecule has 0 bridgehead atoms. The van der Waals surface area contributed by atoms with E-state index >= 15 is 0 Å². The first-order chi connectivity index (χ1) is 8.97. The van der Waals surface area contributed by atoms with Gasteiger partial charge in [-0.05, 0) is 18.6 Å². The quantitative estimate of drug-likeness (QED) is 0.317. The second-order valence-corrected chi connectivity index (χ2v) is 5.70. The van der Waals surface area contributed by atoms with Gasteiger partial charge in [0.1, 0.15) is 0 Å². The van der Waals surface area contributed by atoms with Crippen molar-refractivity contribution in [2.24, 2.45) is 0 Å². The first-order valence-corrected chi connectivity index (χ1v) is 7.52. The summed E-state index contributed by atoms with van der Waals surface area (Å²) in [6.45, 7) is 2.20. The van der Waals surface area contributed by atoms with Gasteiger partial charge < -0.3 is 0 Å². The first kappa shape index (κ1) is 15.6. The smallest absolute Gasteiger partial charge is 0.266 e. The van der Waals surface area contributed by atoms with Gasteiger partial charge in [-0.25, -0.2) is 0 Å². The van der Waals surface area contributed by atoms with E-state index in [1.165, 1.54) is 12.1 Å². The van der Waals surface area contributed by atoms with Crippen molar-refractivity contribution in [1.82, 2.24) is 0 Å². The third-order valence-electron chi connectivity index (χ3n) is 2.57. The lowest BCUT2D eigenvalue weighted by Crippen LogP contribution is -2.07. The van der Waals surface area contributed by atoms with E-state index < -0.39 is 15.0 Å². The van der Waals surface area contributed by atoms with Gasteiger partial charge in [0, 0.05) is 12.1 Å². The second-order valence-electron chi connectivity index (χ2n) is 4.09. The Balaban J connectivity index is 2.59. The zero-order chi connectivity index (χ0) is 14.3. The van der Waals surface area contributed by atoms with Crippen molar-refractivity contribution < 1.29 is 17.5 Å². The molecule has 7 heteroatoms. The van der Waals surface area contributed by atoms with E-state index in [4.69, 9.17) is 4.18 Å². The fourth-order valence-corrected chi connectivity index (χ4v) is 2.44. The highest BCUT2D eigenvalue weighted by molar-refractivity contribution is 7.86. The van der Waals surface area contributed by atoms with Crippen molar-refractivity contribution in [2.45, 2.75) is 37.5 Å². The number of hydrogen-bond donors (Lipinski definition) is 0. The summed E-state index contributed by atoms with van der Waals surface area (Å²) in [7, 11) is -3.81. The summed E-state index contributed by atoms with van der Waals surface area (Å²) in [5.74, 6) is 0. The monoisotopic (exact) mass is 287 g/mol. The molecule has 0 unspecified atom stereocenters. The molecule has 0 fully saturated rings. The third-order valence-corrected chi connectivity index (χ3v) is 3.90. The van der Waals surface area contributed by atoms with Gasteiger partial charge >= 0.3 is 0 Å². The van der Waals surface area contributed by atoms with Crippen molar-refractivity contribution in [1.29, 1.82) is 0 Å². The normalized spacial score (nSPS) is 11.4. The van der Waals surface area contributed by atoms with Gasteiger partial charge in [0.25, 0.3) is 15.8 Å². The highest BCUT2D eigenvalue weighted by Gasteiger charge is 2.16. The summed E-state index contributed by atoms with van der Waals surface area (Å²) in [4.78, 5) is 9.82. The zero-order valence-electron chi connectivity index (χ0n) is 10.7. The van der Waals surface area contributed by atoms with E-state index in [-0.39, 0.29) is 17.2 Å². The third kappa shape index (κ3) is 4.96. The van der Waals surface area contributed by atoms with Gasteiger partial charge in [-0.3, -0.25) is 14.3 Å². The van der Waals surface area contributed by atoms with Gasteiger partial charge in [-0.2, -0.15) is 8.42 Å². The Morgan fingerprint density at radius 3 is 2.32 bits per heavy atom. The number of nitrogens with zero attached hydrogens (tertiary/aromatic N) is 1. The Kier molecular flexibility index (Phi) is 5.91. The van der Waals surface area contributed by atoms with Crippen LogP contribution < -0.4 is 0 Å². The van der Waals surface area contributed by atoms with Gasteiger partial charge in [-0.1, -0.05) is 26.2 Å². The molecule has 0 aliphatic rings. The molecule has 1 aromatic rings. The van der Waals surface area contributed by atoms with Crippen LogP contribution in [0.5, 0.6) is 0 Å². The molecule has 0 N–H and O–H groups in total. The summed E-state index contributed by atoms with van der Waals surface area (Å²) < 4.78 is 28.4. The summed E-state index contributed by atoms with van der Waals surface area (Å²) >= 11 is 0. The van der Waals surface area contributed by atoms with E-state index in [9.17, 15) is 18.5 Å². The highest BCUT2D eigenvalue weighted by Crippen LogP contribution is 2.17. The van der Waals surface area contributed by atoms with Crippen LogP contribution in [0.25, 0.3) is 0 Å². The van der Waals surface area contributed by atoms with Crippen LogP contribution >= 0.6 is 0 Å². The van der Waals surface area contributed by atoms with Crippen molar-refractivity contribution in [3.8, 4) is 0 Å². The van der Waals surface area contributed by atoms with Crippen molar-refractivity contribution >= 4 is 15.8 Å². The fourth-order valence-electron chi connectivity index (χ4n) is 1.50. The van der Waals surface area contributed by atoms with Crippen LogP contribution in [0.15, 0.2) is 29.2 Å². The summed E-state index contributed by atoms with van der Waals surface area (Å²) in [6.07, 6.45) is 3.71. The molecule has 19 heavy (non-hydrogen) atoms. The lowest BCUT2D eigenvalue weighted by molar-refractivity contribution is -0.384. The second kappa shape index (κ2) is 7.20. The Bertz CT molecular complexity index is 509. The Hall–Kier alpha value is -1.47. The molecule has 0 aliphatic heterocycles. The molecule has 1 rings (SSSR count). The molecule has 6 nitrogen and oxygen atoms in total. The topological polar surface area (TPSA) is 86.5 Å². The number of nitro benzene ring substituents is 1. The average molecular weight is 287 g/mol.